The Hall–Kier alpha value is -2.90. The van der Waals surface area contributed by atoms with Crippen molar-refractivity contribution in [3.8, 4) is 0 Å². The van der Waals surface area contributed by atoms with Gasteiger partial charge < -0.3 is 11.1 Å². The standard InChI is InChI=1S/C16H20N6O2/c1-5-22-6-10(7(2)21-22)12-11(9(4)23)8(3)18-14-13(12)15(24)20-16(17)19-14/h6,12H,5H2,1-4H3,(H4,17,18,19,20,24). The Kier molecular flexibility index (Phi) is 3.75. The topological polar surface area (TPSA) is 119 Å². The molecular formula is C16H20N6O2. The number of aryl methyl sites for hydroxylation is 2. The summed E-state index contributed by atoms with van der Waals surface area (Å²) < 4.78 is 1.79. The molecule has 24 heavy (non-hydrogen) atoms. The highest BCUT2D eigenvalue weighted by molar-refractivity contribution is 5.98. The summed E-state index contributed by atoms with van der Waals surface area (Å²) in [6, 6.07) is 0. The molecule has 2 aromatic rings. The van der Waals surface area contributed by atoms with E-state index in [1.165, 1.54) is 6.92 Å². The lowest BCUT2D eigenvalue weighted by atomic mass is 9.81. The molecule has 1 unspecified atom stereocenters. The summed E-state index contributed by atoms with van der Waals surface area (Å²) in [5.74, 6) is -0.205. The lowest BCUT2D eigenvalue weighted by molar-refractivity contribution is -0.113. The summed E-state index contributed by atoms with van der Waals surface area (Å²) in [5.41, 5.74) is 8.49. The average molecular weight is 328 g/mol. The second kappa shape index (κ2) is 5.63. The minimum Gasteiger partial charge on any atom is -0.369 e. The molecule has 3 heterocycles. The smallest absolute Gasteiger partial charge is 0.258 e. The molecule has 0 amide bonds. The van der Waals surface area contributed by atoms with Crippen molar-refractivity contribution in [2.45, 2.75) is 40.2 Å². The summed E-state index contributed by atoms with van der Waals surface area (Å²) in [7, 11) is 0. The summed E-state index contributed by atoms with van der Waals surface area (Å²) in [6.45, 7) is 7.85. The highest BCUT2D eigenvalue weighted by atomic mass is 16.1. The molecule has 0 fully saturated rings. The van der Waals surface area contributed by atoms with Crippen LogP contribution < -0.4 is 16.6 Å². The van der Waals surface area contributed by atoms with Crippen LogP contribution in [-0.4, -0.2) is 25.5 Å². The molecule has 0 saturated carbocycles. The van der Waals surface area contributed by atoms with E-state index in [9.17, 15) is 9.59 Å². The number of nitrogens with two attached hydrogens (primary N) is 1. The second-order valence-electron chi connectivity index (χ2n) is 5.89. The van der Waals surface area contributed by atoms with Crippen LogP contribution in [0.15, 0.2) is 22.3 Å². The predicted molar refractivity (Wildman–Crippen MR) is 90.8 cm³/mol. The molecular weight excluding hydrogens is 308 g/mol. The van der Waals surface area contributed by atoms with Gasteiger partial charge in [-0.05, 0) is 27.7 Å². The first-order valence-electron chi connectivity index (χ1n) is 7.75. The van der Waals surface area contributed by atoms with Gasteiger partial charge in [-0.3, -0.25) is 19.3 Å². The van der Waals surface area contributed by atoms with Gasteiger partial charge in [-0.25, -0.2) is 0 Å². The molecule has 0 aliphatic carbocycles. The molecule has 8 heteroatoms. The number of fused-ring (bicyclic) bond motifs is 1. The molecule has 4 N–H and O–H groups in total. The molecule has 0 aromatic carbocycles. The van der Waals surface area contributed by atoms with E-state index >= 15 is 0 Å². The molecule has 1 aliphatic rings. The zero-order valence-electron chi connectivity index (χ0n) is 14.1. The second-order valence-corrected chi connectivity index (χ2v) is 5.89. The number of Topliss-reactive ketones (excluding diaryl/α,β-unsaturated/α-hetero) is 1. The van der Waals surface area contributed by atoms with Crippen molar-refractivity contribution < 1.29 is 4.79 Å². The van der Waals surface area contributed by atoms with Crippen molar-refractivity contribution in [3.63, 3.8) is 0 Å². The summed E-state index contributed by atoms with van der Waals surface area (Å²) in [4.78, 5) is 31.6. The van der Waals surface area contributed by atoms with Gasteiger partial charge in [-0.1, -0.05) is 0 Å². The first kappa shape index (κ1) is 16.0. The van der Waals surface area contributed by atoms with Crippen LogP contribution in [0.4, 0.5) is 11.8 Å². The van der Waals surface area contributed by atoms with E-state index in [1.54, 1.807) is 11.6 Å². The van der Waals surface area contributed by atoms with Gasteiger partial charge in [-0.2, -0.15) is 10.1 Å². The Morgan fingerprint density at radius 2 is 2.12 bits per heavy atom. The van der Waals surface area contributed by atoms with Crippen LogP contribution in [-0.2, 0) is 11.3 Å². The number of carbonyl (C=O) groups is 1. The van der Waals surface area contributed by atoms with Crippen LogP contribution in [0.25, 0.3) is 0 Å². The largest absolute Gasteiger partial charge is 0.369 e. The number of hydrogen-bond acceptors (Lipinski definition) is 6. The Labute approximate surface area is 138 Å². The molecule has 1 aliphatic heterocycles. The summed E-state index contributed by atoms with van der Waals surface area (Å²) in [6.07, 6.45) is 1.88. The SMILES string of the molecule is CCn1cc(C2C(C(C)=O)=C(C)Nc3nc(N)[nH]c(=O)c32)c(C)n1. The Bertz CT molecular complexity index is 921. The van der Waals surface area contributed by atoms with Crippen LogP contribution >= 0.6 is 0 Å². The molecule has 3 rings (SSSR count). The Morgan fingerprint density at radius 3 is 2.71 bits per heavy atom. The zero-order valence-corrected chi connectivity index (χ0v) is 14.1. The number of hydrogen-bond donors (Lipinski definition) is 3. The summed E-state index contributed by atoms with van der Waals surface area (Å²) in [5, 5.41) is 7.48. The first-order valence-corrected chi connectivity index (χ1v) is 7.75. The van der Waals surface area contributed by atoms with E-state index in [0.29, 0.717) is 29.2 Å². The summed E-state index contributed by atoms with van der Waals surface area (Å²) >= 11 is 0. The van der Waals surface area contributed by atoms with Crippen molar-refractivity contribution >= 4 is 17.5 Å². The fourth-order valence-electron chi connectivity index (χ4n) is 3.23. The number of nitrogen functional groups attached to an aromatic ring is 1. The number of aromatic amines is 1. The fraction of sp³-hybridized carbons (Fsp3) is 0.375. The van der Waals surface area contributed by atoms with E-state index < -0.39 is 5.92 Å². The van der Waals surface area contributed by atoms with Gasteiger partial charge in [0.05, 0.1) is 17.2 Å². The van der Waals surface area contributed by atoms with Crippen LogP contribution in [0.5, 0.6) is 0 Å². The van der Waals surface area contributed by atoms with E-state index in [0.717, 1.165) is 11.3 Å². The van der Waals surface area contributed by atoms with Crippen LogP contribution in [0.3, 0.4) is 0 Å². The number of H-pyrrole nitrogens is 1. The lowest BCUT2D eigenvalue weighted by Gasteiger charge is -2.28. The van der Waals surface area contributed by atoms with Crippen molar-refractivity contribution in [3.05, 3.63) is 44.6 Å². The van der Waals surface area contributed by atoms with Gasteiger partial charge in [0.1, 0.15) is 5.82 Å². The number of anilines is 2. The maximum atomic E-state index is 12.6. The van der Waals surface area contributed by atoms with Gasteiger partial charge in [0.15, 0.2) is 5.78 Å². The van der Waals surface area contributed by atoms with Crippen molar-refractivity contribution in [1.29, 1.82) is 0 Å². The van der Waals surface area contributed by atoms with Crippen LogP contribution in [0.1, 0.15) is 43.5 Å². The molecule has 8 nitrogen and oxygen atoms in total. The molecule has 0 saturated heterocycles. The molecule has 1 atom stereocenters. The van der Waals surface area contributed by atoms with Gasteiger partial charge in [0.2, 0.25) is 5.95 Å². The third-order valence-corrected chi connectivity index (χ3v) is 4.26. The molecule has 0 bridgehead atoms. The fourth-order valence-corrected chi connectivity index (χ4v) is 3.23. The van der Waals surface area contributed by atoms with Crippen molar-refractivity contribution in [2.75, 3.05) is 11.1 Å². The van der Waals surface area contributed by atoms with Gasteiger partial charge in [-0.15, -0.1) is 0 Å². The number of carbonyl (C=O) groups excluding carboxylic acids is 1. The van der Waals surface area contributed by atoms with Crippen LogP contribution in [0.2, 0.25) is 0 Å². The lowest BCUT2D eigenvalue weighted by Crippen LogP contribution is -2.30. The van der Waals surface area contributed by atoms with Gasteiger partial charge in [0, 0.05) is 29.6 Å². The maximum absolute atomic E-state index is 12.6. The monoisotopic (exact) mass is 328 g/mol. The number of ketones is 1. The minimum atomic E-state index is -0.518. The quantitative estimate of drug-likeness (QED) is 0.781. The normalized spacial score (nSPS) is 16.8. The Balaban J connectivity index is 2.33. The molecule has 0 radical (unpaired) electrons. The number of allylic oxidation sites excluding steroid dienone is 2. The predicted octanol–water partition coefficient (Wildman–Crippen LogP) is 1.30. The van der Waals surface area contributed by atoms with Crippen molar-refractivity contribution in [1.82, 2.24) is 19.7 Å². The third kappa shape index (κ3) is 2.40. The zero-order chi connectivity index (χ0) is 17.6. The molecule has 0 spiro atoms. The van der Waals surface area contributed by atoms with Gasteiger partial charge in [0.25, 0.3) is 5.56 Å². The third-order valence-electron chi connectivity index (χ3n) is 4.26. The van der Waals surface area contributed by atoms with Crippen molar-refractivity contribution in [2.24, 2.45) is 0 Å². The van der Waals surface area contributed by atoms with Crippen LogP contribution in [0, 0.1) is 6.92 Å². The first-order chi connectivity index (χ1) is 11.3. The maximum Gasteiger partial charge on any atom is 0.258 e. The average Bonchev–Trinajstić information content (AvgIpc) is 2.85. The number of nitrogens with one attached hydrogen (secondary N) is 2. The van der Waals surface area contributed by atoms with E-state index in [2.05, 4.69) is 20.4 Å². The van der Waals surface area contributed by atoms with Gasteiger partial charge >= 0.3 is 0 Å². The minimum absolute atomic E-state index is 0.0325. The number of aromatic nitrogens is 4. The highest BCUT2D eigenvalue weighted by Gasteiger charge is 2.35. The Morgan fingerprint density at radius 1 is 1.42 bits per heavy atom. The van der Waals surface area contributed by atoms with E-state index in [1.807, 2.05) is 20.0 Å². The van der Waals surface area contributed by atoms with E-state index in [4.69, 9.17) is 5.73 Å². The van der Waals surface area contributed by atoms with E-state index in [-0.39, 0.29) is 17.3 Å². The molecule has 2 aromatic heterocycles. The molecule has 126 valence electrons. The number of nitrogens with zero attached hydrogens (tertiary/aromatic N) is 3. The highest BCUT2D eigenvalue weighted by Crippen LogP contribution is 2.40. The number of rotatable bonds is 3.